The second kappa shape index (κ2) is 5.73. The van der Waals surface area contributed by atoms with Crippen LogP contribution in [0.4, 0.5) is 13.2 Å². The highest BCUT2D eigenvalue weighted by Crippen LogP contribution is 2.33. The lowest BCUT2D eigenvalue weighted by molar-refractivity contribution is -0.141. The number of aromatic nitrogens is 1. The molecule has 6 heteroatoms. The van der Waals surface area contributed by atoms with Gasteiger partial charge in [-0.1, -0.05) is 18.2 Å². The van der Waals surface area contributed by atoms with Crippen molar-refractivity contribution in [1.82, 2.24) is 4.98 Å². The Morgan fingerprint density at radius 1 is 1.14 bits per heavy atom. The molecule has 0 unspecified atom stereocenters. The molecule has 0 amide bonds. The predicted octanol–water partition coefficient (Wildman–Crippen LogP) is 3.97. The number of hydrogen-bond acceptors (Lipinski definition) is 3. The molecule has 0 aliphatic rings. The van der Waals surface area contributed by atoms with Crippen molar-refractivity contribution in [2.45, 2.75) is 26.6 Å². The molecule has 0 radical (unpaired) electrons. The number of ether oxygens (including phenoxy) is 1. The second-order valence-corrected chi connectivity index (χ2v) is 4.66. The molecule has 3 nitrogen and oxygen atoms in total. The molecule has 1 aromatic heterocycles. The van der Waals surface area contributed by atoms with Crippen LogP contribution in [0, 0.1) is 13.8 Å². The Kier molecular flexibility index (Phi) is 4.18. The first-order valence-corrected chi connectivity index (χ1v) is 6.34. The molecule has 0 spiro atoms. The van der Waals surface area contributed by atoms with Crippen molar-refractivity contribution in [1.29, 1.82) is 0 Å². The molecule has 2 rings (SSSR count). The van der Waals surface area contributed by atoms with Crippen molar-refractivity contribution < 1.29 is 17.9 Å². The van der Waals surface area contributed by atoms with Crippen molar-refractivity contribution in [2.24, 2.45) is 5.73 Å². The summed E-state index contributed by atoms with van der Waals surface area (Å²) in [6, 6.07) is 7.54. The second-order valence-electron chi connectivity index (χ2n) is 4.66. The number of hydrogen-bond donors (Lipinski definition) is 1. The summed E-state index contributed by atoms with van der Waals surface area (Å²) in [7, 11) is 0. The lowest BCUT2D eigenvalue weighted by atomic mass is 10.1. The Morgan fingerprint density at radius 3 is 2.48 bits per heavy atom. The number of alkyl halides is 3. The number of nitrogens with zero attached hydrogens (tertiary/aromatic N) is 1. The third-order valence-corrected chi connectivity index (χ3v) is 3.21. The van der Waals surface area contributed by atoms with Gasteiger partial charge in [0.25, 0.3) is 0 Å². The summed E-state index contributed by atoms with van der Waals surface area (Å²) in [4.78, 5) is 3.55. The SMILES string of the molecule is Cc1cccc(Oc2nc(C(F)(F)F)ccc2CN)c1C. The van der Waals surface area contributed by atoms with E-state index < -0.39 is 11.9 Å². The Balaban J connectivity index is 2.44. The number of pyridine rings is 1. The quantitative estimate of drug-likeness (QED) is 0.932. The van der Waals surface area contributed by atoms with Crippen LogP contribution in [0.3, 0.4) is 0 Å². The van der Waals surface area contributed by atoms with Gasteiger partial charge >= 0.3 is 6.18 Å². The van der Waals surface area contributed by atoms with E-state index >= 15 is 0 Å². The first kappa shape index (κ1) is 15.3. The van der Waals surface area contributed by atoms with E-state index in [-0.39, 0.29) is 12.4 Å². The van der Waals surface area contributed by atoms with Crippen molar-refractivity contribution in [3.05, 3.63) is 52.7 Å². The molecule has 0 atom stereocenters. The fourth-order valence-corrected chi connectivity index (χ4v) is 1.81. The Morgan fingerprint density at radius 2 is 1.86 bits per heavy atom. The minimum Gasteiger partial charge on any atom is -0.438 e. The minimum atomic E-state index is -4.52. The summed E-state index contributed by atoms with van der Waals surface area (Å²) < 4.78 is 43.8. The van der Waals surface area contributed by atoms with E-state index in [4.69, 9.17) is 10.5 Å². The van der Waals surface area contributed by atoms with Gasteiger partial charge in [-0.15, -0.1) is 0 Å². The van der Waals surface area contributed by atoms with Crippen LogP contribution in [0.1, 0.15) is 22.4 Å². The van der Waals surface area contributed by atoms with Gasteiger partial charge in [0.1, 0.15) is 11.4 Å². The molecule has 112 valence electrons. The number of halogens is 3. The first-order chi connectivity index (χ1) is 9.82. The maximum Gasteiger partial charge on any atom is 0.433 e. The largest absolute Gasteiger partial charge is 0.438 e. The highest BCUT2D eigenvalue weighted by Gasteiger charge is 2.33. The van der Waals surface area contributed by atoms with Gasteiger partial charge in [-0.05, 0) is 37.1 Å². The first-order valence-electron chi connectivity index (χ1n) is 6.34. The summed E-state index contributed by atoms with van der Waals surface area (Å²) in [6.45, 7) is 3.78. The summed E-state index contributed by atoms with van der Waals surface area (Å²) in [5, 5.41) is 0. The molecule has 1 heterocycles. The molecular weight excluding hydrogens is 281 g/mol. The Labute approximate surface area is 120 Å². The van der Waals surface area contributed by atoms with Crippen LogP contribution in [0.25, 0.3) is 0 Å². The normalized spacial score (nSPS) is 11.5. The summed E-state index contributed by atoms with van der Waals surface area (Å²) in [5.41, 5.74) is 6.78. The van der Waals surface area contributed by atoms with Gasteiger partial charge < -0.3 is 10.5 Å². The Bertz CT molecular complexity index is 654. The monoisotopic (exact) mass is 296 g/mol. The van der Waals surface area contributed by atoms with Crippen LogP contribution in [0.2, 0.25) is 0 Å². The van der Waals surface area contributed by atoms with Crippen LogP contribution < -0.4 is 10.5 Å². The molecule has 2 aromatic rings. The molecule has 0 aliphatic carbocycles. The number of aryl methyl sites for hydroxylation is 1. The highest BCUT2D eigenvalue weighted by atomic mass is 19.4. The van der Waals surface area contributed by atoms with Crippen LogP contribution in [-0.2, 0) is 12.7 Å². The average molecular weight is 296 g/mol. The van der Waals surface area contributed by atoms with Gasteiger partial charge in [0.2, 0.25) is 5.88 Å². The zero-order chi connectivity index (χ0) is 15.6. The maximum absolute atomic E-state index is 12.7. The Hall–Kier alpha value is -2.08. The number of rotatable bonds is 3. The van der Waals surface area contributed by atoms with Crippen LogP contribution in [0.15, 0.2) is 30.3 Å². The zero-order valence-electron chi connectivity index (χ0n) is 11.7. The molecule has 2 N–H and O–H groups in total. The van der Waals surface area contributed by atoms with E-state index in [1.807, 2.05) is 19.9 Å². The standard InChI is InChI=1S/C15H15F3N2O/c1-9-4-3-5-12(10(9)2)21-14-11(8-19)6-7-13(20-14)15(16,17)18/h3-7H,8,19H2,1-2H3. The summed E-state index contributed by atoms with van der Waals surface area (Å²) >= 11 is 0. The van der Waals surface area contributed by atoms with E-state index in [0.29, 0.717) is 11.3 Å². The molecule has 1 aromatic carbocycles. The molecule has 0 bridgehead atoms. The van der Waals surface area contributed by atoms with Crippen molar-refractivity contribution in [3.8, 4) is 11.6 Å². The average Bonchev–Trinajstić information content (AvgIpc) is 2.43. The molecule has 0 saturated carbocycles. The lowest BCUT2D eigenvalue weighted by Gasteiger charge is -2.14. The van der Waals surface area contributed by atoms with E-state index in [2.05, 4.69) is 4.98 Å². The van der Waals surface area contributed by atoms with Gasteiger partial charge in [-0.3, -0.25) is 0 Å². The maximum atomic E-state index is 12.7. The fourth-order valence-electron chi connectivity index (χ4n) is 1.81. The molecule has 0 saturated heterocycles. The van der Waals surface area contributed by atoms with Gasteiger partial charge in [-0.25, -0.2) is 4.98 Å². The van der Waals surface area contributed by atoms with Gasteiger partial charge in [0, 0.05) is 12.1 Å². The van der Waals surface area contributed by atoms with Gasteiger partial charge in [0.05, 0.1) is 0 Å². The van der Waals surface area contributed by atoms with Crippen molar-refractivity contribution >= 4 is 0 Å². The van der Waals surface area contributed by atoms with Gasteiger partial charge in [-0.2, -0.15) is 13.2 Å². The third kappa shape index (κ3) is 3.33. The van der Waals surface area contributed by atoms with Crippen molar-refractivity contribution in [2.75, 3.05) is 0 Å². The number of nitrogens with two attached hydrogens (primary N) is 1. The third-order valence-electron chi connectivity index (χ3n) is 3.21. The smallest absolute Gasteiger partial charge is 0.433 e. The molecule has 0 fully saturated rings. The molecule has 0 aliphatic heterocycles. The van der Waals surface area contributed by atoms with Crippen LogP contribution >= 0.6 is 0 Å². The fraction of sp³-hybridized carbons (Fsp3) is 0.267. The lowest BCUT2D eigenvalue weighted by Crippen LogP contribution is -2.11. The summed E-state index contributed by atoms with van der Waals surface area (Å²) in [6.07, 6.45) is -4.52. The van der Waals surface area contributed by atoms with Crippen LogP contribution in [0.5, 0.6) is 11.6 Å². The van der Waals surface area contributed by atoms with Crippen LogP contribution in [-0.4, -0.2) is 4.98 Å². The molecular formula is C15H15F3N2O. The zero-order valence-corrected chi connectivity index (χ0v) is 11.7. The highest BCUT2D eigenvalue weighted by molar-refractivity contribution is 5.42. The van der Waals surface area contributed by atoms with E-state index in [9.17, 15) is 13.2 Å². The minimum absolute atomic E-state index is 0.0470. The molecule has 21 heavy (non-hydrogen) atoms. The van der Waals surface area contributed by atoms with E-state index in [1.54, 1.807) is 12.1 Å². The van der Waals surface area contributed by atoms with E-state index in [1.165, 1.54) is 6.07 Å². The topological polar surface area (TPSA) is 48.1 Å². The van der Waals surface area contributed by atoms with E-state index in [0.717, 1.165) is 17.2 Å². The van der Waals surface area contributed by atoms with Crippen molar-refractivity contribution in [3.63, 3.8) is 0 Å². The van der Waals surface area contributed by atoms with Gasteiger partial charge in [0.15, 0.2) is 0 Å². The summed E-state index contributed by atoms with van der Waals surface area (Å²) in [5.74, 6) is 0.359. The number of benzene rings is 1. The predicted molar refractivity (Wildman–Crippen MR) is 73.1 cm³/mol.